The maximum atomic E-state index is 12.6. The molecule has 0 fully saturated rings. The smallest absolute Gasteiger partial charge is 0.306 e. The molecule has 0 saturated heterocycles. The lowest BCUT2D eigenvalue weighted by Crippen LogP contribution is -2.55. The average Bonchev–Trinajstić information content (AvgIpc) is 3.11. The molecule has 2 unspecified atom stereocenters. The number of carboxylic acids is 1. The molecule has 2 atom stereocenters. The van der Waals surface area contributed by atoms with Crippen LogP contribution in [0.4, 0.5) is 0 Å². The molecule has 0 rings (SSSR count). The molecule has 0 radical (unpaired) electrons. The summed E-state index contributed by atoms with van der Waals surface area (Å²) in [6.45, 7) is 4.30. The van der Waals surface area contributed by atoms with Gasteiger partial charge in [0.1, 0.15) is 12.6 Å². The van der Waals surface area contributed by atoms with Crippen LogP contribution < -0.4 is 5.11 Å². The van der Waals surface area contributed by atoms with E-state index in [2.05, 4.69) is 50.3 Å². The van der Waals surface area contributed by atoms with Gasteiger partial charge in [-0.2, -0.15) is 0 Å². The van der Waals surface area contributed by atoms with Crippen LogP contribution in [0, 0.1) is 0 Å². The highest BCUT2D eigenvalue weighted by molar-refractivity contribution is 5.70. The molecule has 0 spiro atoms. The van der Waals surface area contributed by atoms with Gasteiger partial charge in [-0.15, -0.1) is 0 Å². The first-order valence-electron chi connectivity index (χ1n) is 19.8. The lowest BCUT2D eigenvalue weighted by molar-refractivity contribution is -0.889. The van der Waals surface area contributed by atoms with Crippen molar-refractivity contribution < 1.29 is 38.2 Å². The van der Waals surface area contributed by atoms with E-state index in [1.54, 1.807) is 21.1 Å². The number of unbranched alkanes of at least 4 members (excludes halogenated alkanes) is 8. The van der Waals surface area contributed by atoms with E-state index in [-0.39, 0.29) is 55.5 Å². The monoisotopic (exact) mass is 738 g/mol. The summed E-state index contributed by atoms with van der Waals surface area (Å²) in [7, 11) is 5.36. The molecule has 0 aliphatic carbocycles. The fourth-order valence-electron chi connectivity index (χ4n) is 5.08. The fourth-order valence-corrected chi connectivity index (χ4v) is 5.08. The van der Waals surface area contributed by atoms with E-state index in [0.29, 0.717) is 6.42 Å². The molecule has 0 aromatic heterocycles. The summed E-state index contributed by atoms with van der Waals surface area (Å²) in [5.41, 5.74) is 0. The van der Waals surface area contributed by atoms with Gasteiger partial charge in [-0.1, -0.05) is 137 Å². The Hall–Kier alpha value is -3.75. The molecule has 0 aliphatic heterocycles. The van der Waals surface area contributed by atoms with Gasteiger partial charge in [-0.25, -0.2) is 0 Å². The largest absolute Gasteiger partial charge is 0.544 e. The van der Waals surface area contributed by atoms with E-state index in [0.717, 1.165) is 77.0 Å². The number of hydrogen-bond donors (Lipinski definition) is 0. The van der Waals surface area contributed by atoms with Gasteiger partial charge < -0.3 is 28.6 Å². The first-order chi connectivity index (χ1) is 25.6. The van der Waals surface area contributed by atoms with E-state index in [1.807, 2.05) is 60.8 Å². The van der Waals surface area contributed by atoms with Crippen molar-refractivity contribution in [3.05, 3.63) is 97.2 Å². The van der Waals surface area contributed by atoms with Gasteiger partial charge in [-0.05, 0) is 57.8 Å². The number of ether oxygens (including phenoxy) is 3. The van der Waals surface area contributed by atoms with Crippen LogP contribution in [0.15, 0.2) is 97.2 Å². The highest BCUT2D eigenvalue weighted by Crippen LogP contribution is 2.12. The minimum atomic E-state index is -1.14. The van der Waals surface area contributed by atoms with Crippen LogP contribution >= 0.6 is 0 Å². The Morgan fingerprint density at radius 3 is 1.70 bits per heavy atom. The molecule has 53 heavy (non-hydrogen) atoms. The number of quaternary nitrogens is 1. The van der Waals surface area contributed by atoms with E-state index in [9.17, 15) is 19.5 Å². The minimum absolute atomic E-state index is 0.0131. The summed E-state index contributed by atoms with van der Waals surface area (Å²) >= 11 is 0. The Bertz CT molecular complexity index is 1180. The summed E-state index contributed by atoms with van der Waals surface area (Å²) in [6.07, 6.45) is 45.7. The molecule has 0 N–H and O–H groups in total. The second-order valence-corrected chi connectivity index (χ2v) is 13.9. The summed E-state index contributed by atoms with van der Waals surface area (Å²) in [5.74, 6) is -1.83. The van der Waals surface area contributed by atoms with Crippen LogP contribution in [0.1, 0.15) is 117 Å². The van der Waals surface area contributed by atoms with Gasteiger partial charge >= 0.3 is 11.9 Å². The molecular weight excluding hydrogens is 666 g/mol. The zero-order chi connectivity index (χ0) is 39.3. The van der Waals surface area contributed by atoms with Crippen LogP contribution in [-0.4, -0.2) is 75.5 Å². The van der Waals surface area contributed by atoms with Crippen molar-refractivity contribution in [3.63, 3.8) is 0 Å². The maximum absolute atomic E-state index is 12.6. The first-order valence-corrected chi connectivity index (χ1v) is 19.8. The van der Waals surface area contributed by atoms with E-state index >= 15 is 0 Å². The Morgan fingerprint density at radius 2 is 1.09 bits per heavy atom. The molecule has 0 heterocycles. The standard InChI is InChI=1S/C45H71NO7/c1-6-8-10-12-14-16-18-20-21-22-23-24-26-27-29-31-33-35-43(47)52-40-41(39-51-38-37-42(45(49)50)46(3,4)5)53-44(48)36-34-32-30-28-25-19-17-15-13-11-9-7-2/h8-12,14-18,20-24,26,41-42H,6-7,13,19,25,27-40H2,1-5H3/b10-8+,11-9+,14-12+,17-15+,18-16+,21-20+,23-22+,26-24+. The number of allylic oxidation sites excluding steroid dienone is 16. The number of esters is 2. The topological polar surface area (TPSA) is 102 Å². The lowest BCUT2D eigenvalue weighted by Gasteiger charge is -2.34. The minimum Gasteiger partial charge on any atom is -0.544 e. The van der Waals surface area contributed by atoms with Crippen LogP contribution in [0.25, 0.3) is 0 Å². The quantitative estimate of drug-likeness (QED) is 0.0218. The third-order valence-electron chi connectivity index (χ3n) is 8.13. The lowest BCUT2D eigenvalue weighted by atomic mass is 10.1. The van der Waals surface area contributed by atoms with E-state index in [1.165, 1.54) is 0 Å². The molecule has 298 valence electrons. The number of aliphatic carboxylic acids is 1. The van der Waals surface area contributed by atoms with Crippen molar-refractivity contribution in [1.29, 1.82) is 0 Å². The molecule has 0 amide bonds. The number of carboxylic acid groups (broad SMARTS) is 1. The molecule has 0 aromatic carbocycles. The van der Waals surface area contributed by atoms with Crippen molar-refractivity contribution in [2.45, 2.75) is 129 Å². The Labute approximate surface area is 322 Å². The molecular formula is C45H71NO7. The number of carbonyl (C=O) groups is 3. The number of likely N-dealkylation sites (N-methyl/N-ethyl adjacent to an activating group) is 1. The van der Waals surface area contributed by atoms with Gasteiger partial charge in [-0.3, -0.25) is 9.59 Å². The zero-order valence-electron chi connectivity index (χ0n) is 33.6. The van der Waals surface area contributed by atoms with Crippen molar-refractivity contribution in [1.82, 2.24) is 0 Å². The number of rotatable bonds is 33. The van der Waals surface area contributed by atoms with Gasteiger partial charge in [0.15, 0.2) is 6.10 Å². The Kier molecular flexibility index (Phi) is 32.8. The van der Waals surface area contributed by atoms with E-state index in [4.69, 9.17) is 14.2 Å². The van der Waals surface area contributed by atoms with Crippen LogP contribution in [-0.2, 0) is 28.6 Å². The molecule has 8 nitrogen and oxygen atoms in total. The van der Waals surface area contributed by atoms with Crippen LogP contribution in [0.5, 0.6) is 0 Å². The number of hydrogen-bond acceptors (Lipinski definition) is 7. The predicted octanol–water partition coefficient (Wildman–Crippen LogP) is 9.01. The molecule has 0 aliphatic rings. The van der Waals surface area contributed by atoms with E-state index < -0.39 is 18.1 Å². The normalized spacial score (nSPS) is 14.1. The first kappa shape index (κ1) is 49.2. The SMILES string of the molecule is CC/C=C/C=C/C=C/C=C/C=C/C=C/CCCCCC(=O)OCC(COCCC(C(=O)[O-])[N+](C)(C)C)OC(=O)CCCCCCC/C=C/C/C=C/CC. The number of nitrogens with zero attached hydrogens (tertiary/aromatic N) is 1. The zero-order valence-corrected chi connectivity index (χ0v) is 33.6. The molecule has 0 bridgehead atoms. The third-order valence-corrected chi connectivity index (χ3v) is 8.13. The summed E-state index contributed by atoms with van der Waals surface area (Å²) in [6, 6.07) is -0.740. The molecule has 8 heteroatoms. The van der Waals surface area contributed by atoms with Crippen molar-refractivity contribution in [3.8, 4) is 0 Å². The van der Waals surface area contributed by atoms with Gasteiger partial charge in [0.05, 0.1) is 40.3 Å². The van der Waals surface area contributed by atoms with Crippen molar-refractivity contribution >= 4 is 17.9 Å². The molecule has 0 aromatic rings. The van der Waals surface area contributed by atoms with Gasteiger partial charge in [0.2, 0.25) is 0 Å². The van der Waals surface area contributed by atoms with Crippen molar-refractivity contribution in [2.75, 3.05) is 41.0 Å². The average molecular weight is 738 g/mol. The molecule has 0 saturated carbocycles. The third kappa shape index (κ3) is 33.8. The van der Waals surface area contributed by atoms with Gasteiger partial charge in [0, 0.05) is 19.3 Å². The second-order valence-electron chi connectivity index (χ2n) is 13.9. The summed E-state index contributed by atoms with van der Waals surface area (Å²) in [4.78, 5) is 36.7. The Morgan fingerprint density at radius 1 is 0.585 bits per heavy atom. The summed E-state index contributed by atoms with van der Waals surface area (Å²) in [5, 5.41) is 11.6. The highest BCUT2D eigenvalue weighted by Gasteiger charge is 2.25. The number of carbonyl (C=O) groups excluding carboxylic acids is 3. The van der Waals surface area contributed by atoms with Gasteiger partial charge in [0.25, 0.3) is 0 Å². The van der Waals surface area contributed by atoms with Crippen LogP contribution in [0.2, 0.25) is 0 Å². The van der Waals surface area contributed by atoms with Crippen molar-refractivity contribution in [2.24, 2.45) is 0 Å². The fraction of sp³-hybridized carbons (Fsp3) is 0.578. The van der Waals surface area contributed by atoms with Crippen LogP contribution in [0.3, 0.4) is 0 Å². The highest BCUT2D eigenvalue weighted by atomic mass is 16.6. The Balaban J connectivity index is 4.54. The second kappa shape index (κ2) is 35.3. The maximum Gasteiger partial charge on any atom is 0.306 e. The summed E-state index contributed by atoms with van der Waals surface area (Å²) < 4.78 is 17.0. The predicted molar refractivity (Wildman–Crippen MR) is 217 cm³/mol.